The van der Waals surface area contributed by atoms with Gasteiger partial charge < -0.3 is 15.1 Å². The average Bonchev–Trinajstić information content (AvgIpc) is 2.98. The zero-order valence-electron chi connectivity index (χ0n) is 22.1. The van der Waals surface area contributed by atoms with Crippen LogP contribution in [0.1, 0.15) is 5.56 Å². The van der Waals surface area contributed by atoms with E-state index in [9.17, 15) is 18.0 Å². The molecular weight excluding hydrogens is 531 g/mol. The van der Waals surface area contributed by atoms with Gasteiger partial charge in [0.1, 0.15) is 11.2 Å². The number of aromatic nitrogens is 4. The standard InChI is InChI=1S/C30H26F3N7O/c1-38-15-17-39(18-16-38)22-13-11-21(12-14-22)35-29-34-19-23-27(36-29)26(20-7-3-2-4-8-20)37-40(28(23)41)25-10-6-5-9-24(25)30(31,32)33/h2-14,19H,15-18H2,1H3,(H,34,35,36). The quantitative estimate of drug-likeness (QED) is 0.312. The van der Waals surface area contributed by atoms with Gasteiger partial charge in [-0.05, 0) is 43.4 Å². The lowest BCUT2D eigenvalue weighted by atomic mass is 10.1. The van der Waals surface area contributed by atoms with E-state index in [0.29, 0.717) is 5.56 Å². The highest BCUT2D eigenvalue weighted by atomic mass is 19.4. The molecule has 8 nitrogen and oxygen atoms in total. The summed E-state index contributed by atoms with van der Waals surface area (Å²) in [5, 5.41) is 7.63. The van der Waals surface area contributed by atoms with Crippen LogP contribution in [0.15, 0.2) is 89.9 Å². The predicted octanol–water partition coefficient (Wildman–Crippen LogP) is 5.36. The van der Waals surface area contributed by atoms with Gasteiger partial charge in [0.2, 0.25) is 5.95 Å². The van der Waals surface area contributed by atoms with E-state index < -0.39 is 17.3 Å². The van der Waals surface area contributed by atoms with Gasteiger partial charge in [0.25, 0.3) is 5.56 Å². The monoisotopic (exact) mass is 557 g/mol. The van der Waals surface area contributed by atoms with Crippen molar-refractivity contribution in [2.45, 2.75) is 6.18 Å². The Morgan fingerprint density at radius 3 is 2.24 bits per heavy atom. The minimum Gasteiger partial charge on any atom is -0.369 e. The van der Waals surface area contributed by atoms with E-state index in [1.807, 2.05) is 30.3 Å². The van der Waals surface area contributed by atoms with Gasteiger partial charge in [0.05, 0.1) is 16.6 Å². The summed E-state index contributed by atoms with van der Waals surface area (Å²) in [5.41, 5.74) is 0.874. The molecule has 0 amide bonds. The molecule has 0 bridgehead atoms. The highest BCUT2D eigenvalue weighted by Crippen LogP contribution is 2.34. The van der Waals surface area contributed by atoms with Crippen LogP contribution in [0.2, 0.25) is 0 Å². The van der Waals surface area contributed by atoms with Crippen molar-refractivity contribution in [1.82, 2.24) is 24.6 Å². The van der Waals surface area contributed by atoms with Gasteiger partial charge in [-0.3, -0.25) is 4.79 Å². The second-order valence-electron chi connectivity index (χ2n) is 9.86. The Hall–Kier alpha value is -4.77. The molecule has 0 radical (unpaired) electrons. The third-order valence-corrected chi connectivity index (χ3v) is 7.11. The van der Waals surface area contributed by atoms with Crippen molar-refractivity contribution in [3.05, 3.63) is 101 Å². The number of piperazine rings is 1. The number of halogens is 3. The van der Waals surface area contributed by atoms with Gasteiger partial charge in [-0.1, -0.05) is 42.5 Å². The molecule has 0 saturated carbocycles. The summed E-state index contributed by atoms with van der Waals surface area (Å²) in [6.07, 6.45) is -3.35. The van der Waals surface area contributed by atoms with Crippen LogP contribution in [0, 0.1) is 0 Å². The maximum atomic E-state index is 13.8. The Morgan fingerprint density at radius 2 is 1.54 bits per heavy atom. The Morgan fingerprint density at radius 1 is 0.854 bits per heavy atom. The number of hydrogen-bond donors (Lipinski definition) is 1. The van der Waals surface area contributed by atoms with Crippen molar-refractivity contribution >= 4 is 28.2 Å². The Bertz CT molecular complexity index is 1750. The molecule has 5 aromatic rings. The summed E-state index contributed by atoms with van der Waals surface area (Å²) < 4.78 is 42.3. The third-order valence-electron chi connectivity index (χ3n) is 7.11. The van der Waals surface area contributed by atoms with Gasteiger partial charge in [0.15, 0.2) is 0 Å². The van der Waals surface area contributed by atoms with Crippen molar-refractivity contribution in [1.29, 1.82) is 0 Å². The van der Waals surface area contributed by atoms with Crippen molar-refractivity contribution in [2.24, 2.45) is 0 Å². The van der Waals surface area contributed by atoms with Crippen molar-refractivity contribution in [2.75, 3.05) is 43.4 Å². The lowest BCUT2D eigenvalue weighted by Gasteiger charge is -2.34. The van der Waals surface area contributed by atoms with Crippen LogP contribution in [0.25, 0.3) is 27.8 Å². The fourth-order valence-electron chi connectivity index (χ4n) is 4.89. The maximum absolute atomic E-state index is 13.8. The highest BCUT2D eigenvalue weighted by Gasteiger charge is 2.34. The summed E-state index contributed by atoms with van der Waals surface area (Å²) in [6.45, 7) is 3.92. The van der Waals surface area contributed by atoms with Crippen LogP contribution in [-0.2, 0) is 6.18 Å². The number of fused-ring (bicyclic) bond motifs is 1. The van der Waals surface area contributed by atoms with E-state index >= 15 is 0 Å². The Kier molecular flexibility index (Phi) is 6.88. The smallest absolute Gasteiger partial charge is 0.369 e. The molecule has 3 aromatic carbocycles. The number of nitrogens with one attached hydrogen (secondary N) is 1. The van der Waals surface area contributed by atoms with Crippen molar-refractivity contribution in [3.8, 4) is 16.9 Å². The summed E-state index contributed by atoms with van der Waals surface area (Å²) in [4.78, 5) is 27.0. The SMILES string of the molecule is CN1CCN(c2ccc(Nc3ncc4c(=O)n(-c5ccccc5C(F)(F)F)nc(-c5ccccc5)c4n3)cc2)CC1. The second-order valence-corrected chi connectivity index (χ2v) is 9.86. The topological polar surface area (TPSA) is 79.2 Å². The minimum atomic E-state index is -4.68. The van der Waals surface area contributed by atoms with Gasteiger partial charge in [-0.2, -0.15) is 23.0 Å². The van der Waals surface area contributed by atoms with Gasteiger partial charge >= 0.3 is 6.18 Å². The summed E-state index contributed by atoms with van der Waals surface area (Å²) in [5.74, 6) is 0.233. The van der Waals surface area contributed by atoms with Gasteiger partial charge in [-0.25, -0.2) is 9.97 Å². The number of likely N-dealkylation sites (N-methyl/N-ethyl adjacent to an activating group) is 1. The number of hydrogen-bond acceptors (Lipinski definition) is 7. The first-order valence-corrected chi connectivity index (χ1v) is 13.1. The third kappa shape index (κ3) is 5.36. The van der Waals surface area contributed by atoms with E-state index in [1.165, 1.54) is 24.4 Å². The first kappa shape index (κ1) is 26.5. The lowest BCUT2D eigenvalue weighted by Crippen LogP contribution is -2.44. The zero-order chi connectivity index (χ0) is 28.6. The second kappa shape index (κ2) is 10.7. The normalized spacial score (nSPS) is 14.4. The van der Waals surface area contributed by atoms with Crippen LogP contribution in [0.5, 0.6) is 0 Å². The summed E-state index contributed by atoms with van der Waals surface area (Å²) >= 11 is 0. The number of benzene rings is 3. The molecule has 0 unspecified atom stereocenters. The average molecular weight is 558 g/mol. The number of para-hydroxylation sites is 1. The highest BCUT2D eigenvalue weighted by molar-refractivity contribution is 5.91. The van der Waals surface area contributed by atoms with E-state index in [0.717, 1.165) is 48.3 Å². The largest absolute Gasteiger partial charge is 0.418 e. The minimum absolute atomic E-state index is 0.0480. The van der Waals surface area contributed by atoms with Gasteiger partial charge in [0, 0.05) is 49.3 Å². The molecule has 0 spiro atoms. The van der Waals surface area contributed by atoms with Crippen LogP contribution >= 0.6 is 0 Å². The fraction of sp³-hybridized carbons (Fsp3) is 0.200. The zero-order valence-corrected chi connectivity index (χ0v) is 22.1. The molecular formula is C30H26F3N7O. The maximum Gasteiger partial charge on any atom is 0.418 e. The number of rotatable bonds is 5. The molecule has 6 rings (SSSR count). The van der Waals surface area contributed by atoms with Crippen LogP contribution in [0.3, 0.4) is 0 Å². The Labute approximate surface area is 233 Å². The van der Waals surface area contributed by atoms with Gasteiger partial charge in [-0.15, -0.1) is 0 Å². The lowest BCUT2D eigenvalue weighted by molar-refractivity contribution is -0.137. The summed E-state index contributed by atoms with van der Waals surface area (Å²) in [7, 11) is 2.11. The van der Waals surface area contributed by atoms with Crippen LogP contribution < -0.4 is 15.8 Å². The van der Waals surface area contributed by atoms with E-state index in [1.54, 1.807) is 24.3 Å². The number of alkyl halides is 3. The molecule has 0 atom stereocenters. The molecule has 0 aliphatic carbocycles. The summed E-state index contributed by atoms with van der Waals surface area (Å²) in [6, 6.07) is 21.7. The predicted molar refractivity (Wildman–Crippen MR) is 153 cm³/mol. The fourth-order valence-corrected chi connectivity index (χ4v) is 4.89. The number of anilines is 3. The van der Waals surface area contributed by atoms with Crippen molar-refractivity contribution < 1.29 is 13.2 Å². The molecule has 3 heterocycles. The van der Waals surface area contributed by atoms with Crippen molar-refractivity contribution in [3.63, 3.8) is 0 Å². The van der Waals surface area contributed by atoms with E-state index in [2.05, 4.69) is 37.2 Å². The van der Waals surface area contributed by atoms with E-state index in [-0.39, 0.29) is 28.2 Å². The molecule has 1 aliphatic rings. The molecule has 1 saturated heterocycles. The van der Waals surface area contributed by atoms with Crippen LogP contribution in [-0.4, -0.2) is 57.9 Å². The molecule has 41 heavy (non-hydrogen) atoms. The first-order chi connectivity index (χ1) is 19.8. The molecule has 1 aliphatic heterocycles. The first-order valence-electron chi connectivity index (χ1n) is 13.1. The van der Waals surface area contributed by atoms with Crippen LogP contribution in [0.4, 0.5) is 30.5 Å². The molecule has 1 N–H and O–H groups in total. The molecule has 11 heteroatoms. The molecule has 208 valence electrons. The Balaban J connectivity index is 1.41. The molecule has 1 fully saturated rings. The number of nitrogens with zero attached hydrogens (tertiary/aromatic N) is 6. The van der Waals surface area contributed by atoms with E-state index in [4.69, 9.17) is 0 Å². The molecule has 2 aromatic heterocycles.